The van der Waals surface area contributed by atoms with Crippen LogP contribution in [0.4, 0.5) is 0 Å². The molecule has 0 aliphatic heterocycles. The van der Waals surface area contributed by atoms with Crippen LogP contribution in [0.1, 0.15) is 23.6 Å². The lowest BCUT2D eigenvalue weighted by atomic mass is 10.0. The first-order chi connectivity index (χ1) is 5.66. The first-order valence-electron chi connectivity index (χ1n) is 3.67. The molecule has 2 heteroatoms. The van der Waals surface area contributed by atoms with E-state index in [-0.39, 0.29) is 0 Å². The van der Waals surface area contributed by atoms with Gasteiger partial charge in [-0.1, -0.05) is 6.58 Å². The van der Waals surface area contributed by atoms with Gasteiger partial charge in [0.1, 0.15) is 6.07 Å². The van der Waals surface area contributed by atoms with E-state index in [1.807, 2.05) is 13.8 Å². The third-order valence-electron chi connectivity index (χ3n) is 1.68. The standard InChI is InChI=1S/C10H10N2/c1-7(2)10-8(3)5-12-6-9(10)4-11/h5-6H,1H2,2-3H3. The van der Waals surface area contributed by atoms with Gasteiger partial charge in [-0.15, -0.1) is 0 Å². The van der Waals surface area contributed by atoms with Crippen molar-refractivity contribution in [2.75, 3.05) is 0 Å². The van der Waals surface area contributed by atoms with Gasteiger partial charge >= 0.3 is 0 Å². The van der Waals surface area contributed by atoms with Crippen LogP contribution in [-0.2, 0) is 0 Å². The highest BCUT2D eigenvalue weighted by Crippen LogP contribution is 2.19. The van der Waals surface area contributed by atoms with E-state index in [0.717, 1.165) is 16.7 Å². The van der Waals surface area contributed by atoms with Gasteiger partial charge in [-0.3, -0.25) is 4.98 Å². The summed E-state index contributed by atoms with van der Waals surface area (Å²) in [6.45, 7) is 7.64. The van der Waals surface area contributed by atoms with Crippen LogP contribution in [0, 0.1) is 18.3 Å². The van der Waals surface area contributed by atoms with E-state index in [9.17, 15) is 0 Å². The average Bonchev–Trinajstić information content (AvgIpc) is 2.03. The molecule has 2 nitrogen and oxygen atoms in total. The van der Waals surface area contributed by atoms with Crippen molar-refractivity contribution in [3.8, 4) is 6.07 Å². The maximum absolute atomic E-state index is 8.76. The molecule has 0 amide bonds. The Bertz CT molecular complexity index is 359. The van der Waals surface area contributed by atoms with E-state index in [2.05, 4.69) is 17.6 Å². The number of aromatic nitrogens is 1. The highest BCUT2D eigenvalue weighted by Gasteiger charge is 2.05. The van der Waals surface area contributed by atoms with Gasteiger partial charge in [0.05, 0.1) is 5.56 Å². The summed E-state index contributed by atoms with van der Waals surface area (Å²) in [5.41, 5.74) is 3.43. The van der Waals surface area contributed by atoms with Crippen molar-refractivity contribution in [2.45, 2.75) is 13.8 Å². The number of pyridine rings is 1. The van der Waals surface area contributed by atoms with Gasteiger partial charge in [-0.25, -0.2) is 0 Å². The van der Waals surface area contributed by atoms with Crippen LogP contribution in [0.2, 0.25) is 0 Å². The maximum atomic E-state index is 8.76. The second kappa shape index (κ2) is 3.19. The molecule has 0 atom stereocenters. The second-order valence-corrected chi connectivity index (χ2v) is 2.77. The Morgan fingerprint density at radius 3 is 2.67 bits per heavy atom. The van der Waals surface area contributed by atoms with Crippen LogP contribution < -0.4 is 0 Å². The van der Waals surface area contributed by atoms with Crippen LogP contribution >= 0.6 is 0 Å². The van der Waals surface area contributed by atoms with Crippen LogP contribution in [0.25, 0.3) is 5.57 Å². The number of allylic oxidation sites excluding steroid dienone is 1. The molecule has 0 aromatic carbocycles. The van der Waals surface area contributed by atoms with Gasteiger partial charge in [-0.05, 0) is 25.0 Å². The zero-order chi connectivity index (χ0) is 9.14. The highest BCUT2D eigenvalue weighted by atomic mass is 14.6. The molecule has 1 rings (SSSR count). The molecule has 0 N–H and O–H groups in total. The topological polar surface area (TPSA) is 36.7 Å². The minimum absolute atomic E-state index is 0.600. The van der Waals surface area contributed by atoms with E-state index < -0.39 is 0 Å². The van der Waals surface area contributed by atoms with Crippen molar-refractivity contribution >= 4 is 5.57 Å². The Labute approximate surface area is 72.2 Å². The van der Waals surface area contributed by atoms with Gasteiger partial charge in [0, 0.05) is 18.0 Å². The number of nitrogens with zero attached hydrogens (tertiary/aromatic N) is 2. The van der Waals surface area contributed by atoms with E-state index in [0.29, 0.717) is 5.56 Å². The van der Waals surface area contributed by atoms with Gasteiger partial charge in [0.25, 0.3) is 0 Å². The van der Waals surface area contributed by atoms with Gasteiger partial charge in [0.15, 0.2) is 0 Å². The molecule has 0 radical (unpaired) electrons. The Balaban J connectivity index is 3.42. The summed E-state index contributed by atoms with van der Waals surface area (Å²) in [6, 6.07) is 2.09. The largest absolute Gasteiger partial charge is 0.263 e. The number of nitriles is 1. The van der Waals surface area contributed by atoms with Gasteiger partial charge in [-0.2, -0.15) is 5.26 Å². The molecule has 1 heterocycles. The molecule has 0 unspecified atom stereocenters. The Morgan fingerprint density at radius 2 is 2.25 bits per heavy atom. The van der Waals surface area contributed by atoms with Crippen LogP contribution in [0.3, 0.4) is 0 Å². The quantitative estimate of drug-likeness (QED) is 0.628. The number of aryl methyl sites for hydroxylation is 1. The third-order valence-corrected chi connectivity index (χ3v) is 1.68. The summed E-state index contributed by atoms with van der Waals surface area (Å²) in [5, 5.41) is 8.76. The molecule has 0 saturated carbocycles. The Hall–Kier alpha value is -1.62. The fraction of sp³-hybridized carbons (Fsp3) is 0.200. The Morgan fingerprint density at radius 1 is 1.58 bits per heavy atom. The first kappa shape index (κ1) is 8.48. The molecule has 0 saturated heterocycles. The van der Waals surface area contributed by atoms with Crippen molar-refractivity contribution in [3.63, 3.8) is 0 Å². The minimum Gasteiger partial charge on any atom is -0.263 e. The zero-order valence-electron chi connectivity index (χ0n) is 7.26. The van der Waals surface area contributed by atoms with E-state index in [1.54, 1.807) is 12.4 Å². The lowest BCUT2D eigenvalue weighted by Crippen LogP contribution is -1.92. The molecule has 0 spiro atoms. The Kier molecular flexibility index (Phi) is 2.25. The second-order valence-electron chi connectivity index (χ2n) is 2.77. The minimum atomic E-state index is 0.600. The third kappa shape index (κ3) is 1.35. The summed E-state index contributed by atoms with van der Waals surface area (Å²) in [4.78, 5) is 3.93. The molecular weight excluding hydrogens is 148 g/mol. The smallest absolute Gasteiger partial charge is 0.101 e. The number of rotatable bonds is 1. The summed E-state index contributed by atoms with van der Waals surface area (Å²) in [6.07, 6.45) is 3.31. The lowest BCUT2D eigenvalue weighted by molar-refractivity contribution is 1.23. The number of hydrogen-bond donors (Lipinski definition) is 0. The summed E-state index contributed by atoms with van der Waals surface area (Å²) >= 11 is 0. The van der Waals surface area contributed by atoms with Crippen LogP contribution in [0.5, 0.6) is 0 Å². The predicted molar refractivity (Wildman–Crippen MR) is 48.4 cm³/mol. The fourth-order valence-electron chi connectivity index (χ4n) is 1.22. The molecule has 60 valence electrons. The van der Waals surface area contributed by atoms with Crippen molar-refractivity contribution < 1.29 is 0 Å². The maximum Gasteiger partial charge on any atom is 0.101 e. The first-order valence-corrected chi connectivity index (χ1v) is 3.67. The number of hydrogen-bond acceptors (Lipinski definition) is 2. The predicted octanol–water partition coefficient (Wildman–Crippen LogP) is 2.29. The summed E-state index contributed by atoms with van der Waals surface area (Å²) in [7, 11) is 0. The molecule has 1 aromatic heterocycles. The lowest BCUT2D eigenvalue weighted by Gasteiger charge is -2.05. The molecule has 0 aliphatic rings. The van der Waals surface area contributed by atoms with E-state index in [4.69, 9.17) is 5.26 Å². The molecule has 0 fully saturated rings. The van der Waals surface area contributed by atoms with E-state index >= 15 is 0 Å². The van der Waals surface area contributed by atoms with Crippen molar-refractivity contribution in [2.24, 2.45) is 0 Å². The van der Waals surface area contributed by atoms with Gasteiger partial charge in [0.2, 0.25) is 0 Å². The average molecular weight is 158 g/mol. The SMILES string of the molecule is C=C(C)c1c(C)cncc1C#N. The van der Waals surface area contributed by atoms with Crippen molar-refractivity contribution in [1.29, 1.82) is 5.26 Å². The normalized spacial score (nSPS) is 9.08. The van der Waals surface area contributed by atoms with Crippen molar-refractivity contribution in [3.05, 3.63) is 35.7 Å². The molecule has 0 aliphatic carbocycles. The molecule has 12 heavy (non-hydrogen) atoms. The van der Waals surface area contributed by atoms with Crippen molar-refractivity contribution in [1.82, 2.24) is 4.98 Å². The monoisotopic (exact) mass is 158 g/mol. The molecular formula is C10H10N2. The summed E-state index contributed by atoms with van der Waals surface area (Å²) in [5.74, 6) is 0. The van der Waals surface area contributed by atoms with Crippen LogP contribution in [0.15, 0.2) is 19.0 Å². The zero-order valence-corrected chi connectivity index (χ0v) is 7.26. The molecule has 1 aromatic rings. The fourth-order valence-corrected chi connectivity index (χ4v) is 1.22. The van der Waals surface area contributed by atoms with E-state index in [1.165, 1.54) is 0 Å². The van der Waals surface area contributed by atoms with Gasteiger partial charge < -0.3 is 0 Å². The summed E-state index contributed by atoms with van der Waals surface area (Å²) < 4.78 is 0. The molecule has 0 bridgehead atoms. The van der Waals surface area contributed by atoms with Crippen LogP contribution in [-0.4, -0.2) is 4.98 Å². The highest BCUT2D eigenvalue weighted by molar-refractivity contribution is 5.69.